The average Bonchev–Trinajstić information content (AvgIpc) is 3.02. The number of thiophene rings is 1. The van der Waals surface area contributed by atoms with E-state index in [1.165, 1.54) is 24.1 Å². The molecule has 0 unspecified atom stereocenters. The lowest BCUT2D eigenvalue weighted by molar-refractivity contribution is 0.469. The fourth-order valence-corrected chi connectivity index (χ4v) is 3.02. The summed E-state index contributed by atoms with van der Waals surface area (Å²) in [5, 5.41) is 12.5. The number of nitrogens with one attached hydrogen (secondary N) is 1. The van der Waals surface area contributed by atoms with E-state index in [1.807, 2.05) is 0 Å². The van der Waals surface area contributed by atoms with Gasteiger partial charge >= 0.3 is 0 Å². The summed E-state index contributed by atoms with van der Waals surface area (Å²) in [6.07, 6.45) is 2.56. The molecule has 0 radical (unpaired) electrons. The normalized spacial score (nSPS) is 19.9. The molecule has 90 valence electrons. The van der Waals surface area contributed by atoms with Crippen LogP contribution in [0.25, 0.3) is 11.3 Å². The SMILES string of the molecule is Cc1cc(-c2ccsc2)nn1C[C@@H]1CCCN1. The third-order valence-corrected chi connectivity index (χ3v) is 4.04. The summed E-state index contributed by atoms with van der Waals surface area (Å²) >= 11 is 1.72. The highest BCUT2D eigenvalue weighted by molar-refractivity contribution is 7.08. The minimum atomic E-state index is 0.601. The van der Waals surface area contributed by atoms with Gasteiger partial charge in [-0.05, 0) is 43.8 Å². The van der Waals surface area contributed by atoms with E-state index < -0.39 is 0 Å². The zero-order valence-corrected chi connectivity index (χ0v) is 10.8. The van der Waals surface area contributed by atoms with Gasteiger partial charge in [0.15, 0.2) is 0 Å². The Hall–Kier alpha value is -1.13. The number of aryl methyl sites for hydroxylation is 1. The Morgan fingerprint density at radius 3 is 3.24 bits per heavy atom. The van der Waals surface area contributed by atoms with Crippen LogP contribution in [0.15, 0.2) is 22.9 Å². The molecule has 17 heavy (non-hydrogen) atoms. The van der Waals surface area contributed by atoms with E-state index in [1.54, 1.807) is 11.3 Å². The lowest BCUT2D eigenvalue weighted by atomic mass is 10.2. The summed E-state index contributed by atoms with van der Waals surface area (Å²) in [7, 11) is 0. The standard InChI is InChI=1S/C13H17N3S/c1-10-7-13(11-4-6-17-9-11)15-16(10)8-12-3-2-5-14-12/h4,6-7,9,12,14H,2-3,5,8H2,1H3/t12-/m0/s1. The van der Waals surface area contributed by atoms with Crippen molar-refractivity contribution in [2.24, 2.45) is 0 Å². The maximum atomic E-state index is 4.70. The Balaban J connectivity index is 1.80. The van der Waals surface area contributed by atoms with E-state index >= 15 is 0 Å². The molecule has 0 spiro atoms. The predicted molar refractivity (Wildman–Crippen MR) is 71.3 cm³/mol. The first-order valence-electron chi connectivity index (χ1n) is 6.13. The second-order valence-electron chi connectivity index (χ2n) is 4.66. The summed E-state index contributed by atoms with van der Waals surface area (Å²) < 4.78 is 2.13. The second-order valence-corrected chi connectivity index (χ2v) is 5.44. The van der Waals surface area contributed by atoms with Gasteiger partial charge in [0.25, 0.3) is 0 Å². The van der Waals surface area contributed by atoms with Gasteiger partial charge in [-0.1, -0.05) is 0 Å². The van der Waals surface area contributed by atoms with Crippen molar-refractivity contribution >= 4 is 11.3 Å². The quantitative estimate of drug-likeness (QED) is 0.903. The maximum Gasteiger partial charge on any atom is 0.0934 e. The van der Waals surface area contributed by atoms with Gasteiger partial charge in [-0.3, -0.25) is 4.68 Å². The van der Waals surface area contributed by atoms with E-state index in [4.69, 9.17) is 5.10 Å². The molecule has 3 rings (SSSR count). The molecule has 3 heterocycles. The number of rotatable bonds is 3. The van der Waals surface area contributed by atoms with Crippen LogP contribution in [0.4, 0.5) is 0 Å². The summed E-state index contributed by atoms with van der Waals surface area (Å²) in [6.45, 7) is 4.29. The third kappa shape index (κ3) is 2.28. The molecule has 1 fully saturated rings. The van der Waals surface area contributed by atoms with Gasteiger partial charge in [0.2, 0.25) is 0 Å². The van der Waals surface area contributed by atoms with E-state index in [2.05, 4.69) is 39.8 Å². The fourth-order valence-electron chi connectivity index (χ4n) is 2.37. The Labute approximate surface area is 105 Å². The van der Waals surface area contributed by atoms with E-state index in [-0.39, 0.29) is 0 Å². The van der Waals surface area contributed by atoms with E-state index in [0.717, 1.165) is 18.8 Å². The van der Waals surface area contributed by atoms with Crippen LogP contribution in [-0.2, 0) is 6.54 Å². The molecule has 2 aromatic heterocycles. The smallest absolute Gasteiger partial charge is 0.0934 e. The number of hydrogen-bond donors (Lipinski definition) is 1. The number of aromatic nitrogens is 2. The van der Waals surface area contributed by atoms with Gasteiger partial charge in [0.05, 0.1) is 12.2 Å². The summed E-state index contributed by atoms with van der Waals surface area (Å²) in [5.74, 6) is 0. The van der Waals surface area contributed by atoms with Crippen LogP contribution < -0.4 is 5.32 Å². The number of hydrogen-bond acceptors (Lipinski definition) is 3. The Morgan fingerprint density at radius 1 is 1.59 bits per heavy atom. The van der Waals surface area contributed by atoms with Crippen molar-refractivity contribution in [1.29, 1.82) is 0 Å². The second kappa shape index (κ2) is 4.63. The minimum absolute atomic E-state index is 0.601. The molecule has 0 bridgehead atoms. The highest BCUT2D eigenvalue weighted by Crippen LogP contribution is 2.22. The maximum absolute atomic E-state index is 4.70. The highest BCUT2D eigenvalue weighted by Gasteiger charge is 2.16. The molecular weight excluding hydrogens is 230 g/mol. The Bertz CT molecular complexity index is 481. The molecule has 2 aromatic rings. The van der Waals surface area contributed by atoms with Gasteiger partial charge in [0.1, 0.15) is 0 Å². The van der Waals surface area contributed by atoms with Crippen LogP contribution in [0.3, 0.4) is 0 Å². The largest absolute Gasteiger partial charge is 0.312 e. The summed E-state index contributed by atoms with van der Waals surface area (Å²) in [6, 6.07) is 4.91. The lowest BCUT2D eigenvalue weighted by Crippen LogP contribution is -2.27. The molecule has 1 saturated heterocycles. The molecular formula is C13H17N3S. The van der Waals surface area contributed by atoms with Gasteiger partial charge in [0, 0.05) is 22.7 Å². The Morgan fingerprint density at radius 2 is 2.53 bits per heavy atom. The van der Waals surface area contributed by atoms with Crippen LogP contribution in [-0.4, -0.2) is 22.4 Å². The topological polar surface area (TPSA) is 29.9 Å². The van der Waals surface area contributed by atoms with Crippen LogP contribution >= 0.6 is 11.3 Å². The van der Waals surface area contributed by atoms with Crippen molar-refractivity contribution in [3.8, 4) is 11.3 Å². The van der Waals surface area contributed by atoms with E-state index in [9.17, 15) is 0 Å². The minimum Gasteiger partial charge on any atom is -0.312 e. The highest BCUT2D eigenvalue weighted by atomic mass is 32.1. The van der Waals surface area contributed by atoms with Crippen LogP contribution in [0.1, 0.15) is 18.5 Å². The van der Waals surface area contributed by atoms with Crippen LogP contribution in [0, 0.1) is 6.92 Å². The van der Waals surface area contributed by atoms with Crippen molar-refractivity contribution in [1.82, 2.24) is 15.1 Å². The van der Waals surface area contributed by atoms with Crippen molar-refractivity contribution in [2.45, 2.75) is 32.4 Å². The van der Waals surface area contributed by atoms with Gasteiger partial charge in [-0.25, -0.2) is 0 Å². The van der Waals surface area contributed by atoms with Gasteiger partial charge in [-0.15, -0.1) is 0 Å². The molecule has 4 heteroatoms. The molecule has 1 aliphatic rings. The van der Waals surface area contributed by atoms with Crippen molar-refractivity contribution < 1.29 is 0 Å². The zero-order valence-electron chi connectivity index (χ0n) is 10.0. The van der Waals surface area contributed by atoms with Gasteiger partial charge < -0.3 is 5.32 Å². The average molecular weight is 247 g/mol. The van der Waals surface area contributed by atoms with Crippen LogP contribution in [0.2, 0.25) is 0 Å². The first-order valence-corrected chi connectivity index (χ1v) is 7.07. The lowest BCUT2D eigenvalue weighted by Gasteiger charge is -2.11. The molecule has 1 aliphatic heterocycles. The molecule has 0 amide bonds. The summed E-state index contributed by atoms with van der Waals surface area (Å²) in [5.41, 5.74) is 3.58. The summed E-state index contributed by atoms with van der Waals surface area (Å²) in [4.78, 5) is 0. The predicted octanol–water partition coefficient (Wildman–Crippen LogP) is 2.67. The van der Waals surface area contributed by atoms with Crippen molar-refractivity contribution in [3.63, 3.8) is 0 Å². The van der Waals surface area contributed by atoms with Crippen molar-refractivity contribution in [3.05, 3.63) is 28.6 Å². The monoisotopic (exact) mass is 247 g/mol. The number of nitrogens with zero attached hydrogens (tertiary/aromatic N) is 2. The molecule has 1 atom stereocenters. The third-order valence-electron chi connectivity index (χ3n) is 3.35. The molecule has 0 saturated carbocycles. The first kappa shape index (κ1) is 11.0. The van der Waals surface area contributed by atoms with E-state index in [0.29, 0.717) is 6.04 Å². The molecule has 1 N–H and O–H groups in total. The van der Waals surface area contributed by atoms with Crippen LogP contribution in [0.5, 0.6) is 0 Å². The first-order chi connectivity index (χ1) is 8.33. The van der Waals surface area contributed by atoms with Crippen molar-refractivity contribution in [2.75, 3.05) is 6.54 Å². The zero-order chi connectivity index (χ0) is 11.7. The molecule has 3 nitrogen and oxygen atoms in total. The molecule has 0 aliphatic carbocycles. The van der Waals surface area contributed by atoms with Gasteiger partial charge in [-0.2, -0.15) is 16.4 Å². The Kier molecular flexibility index (Phi) is 2.99. The molecule has 0 aromatic carbocycles. The fraction of sp³-hybridized carbons (Fsp3) is 0.462.